The SMILES string of the molecule is CC(C)C(CN)N1CC2CCCC2C1. The van der Waals surface area contributed by atoms with Crippen molar-refractivity contribution in [2.45, 2.75) is 39.2 Å². The highest BCUT2D eigenvalue weighted by molar-refractivity contribution is 4.92. The van der Waals surface area contributed by atoms with E-state index in [0.717, 1.165) is 18.4 Å². The predicted molar refractivity (Wildman–Crippen MR) is 60.1 cm³/mol. The zero-order valence-electron chi connectivity index (χ0n) is 9.58. The molecule has 0 bridgehead atoms. The molecule has 3 unspecified atom stereocenters. The number of hydrogen-bond donors (Lipinski definition) is 1. The Kier molecular flexibility index (Phi) is 3.13. The lowest BCUT2D eigenvalue weighted by molar-refractivity contribution is 0.183. The van der Waals surface area contributed by atoms with Crippen LogP contribution in [0.1, 0.15) is 33.1 Å². The summed E-state index contributed by atoms with van der Waals surface area (Å²) in [6, 6.07) is 0.626. The van der Waals surface area contributed by atoms with Gasteiger partial charge in [-0.25, -0.2) is 0 Å². The molecule has 0 aromatic heterocycles. The van der Waals surface area contributed by atoms with Crippen LogP contribution in [0, 0.1) is 17.8 Å². The molecular weight excluding hydrogens is 172 g/mol. The second-order valence-corrected chi connectivity index (χ2v) is 5.45. The van der Waals surface area contributed by atoms with Gasteiger partial charge in [-0.3, -0.25) is 4.90 Å². The van der Waals surface area contributed by atoms with E-state index in [-0.39, 0.29) is 0 Å². The minimum atomic E-state index is 0.626. The first-order chi connectivity index (χ1) is 6.72. The van der Waals surface area contributed by atoms with Crippen LogP contribution in [0.3, 0.4) is 0 Å². The number of rotatable bonds is 3. The van der Waals surface area contributed by atoms with Crippen molar-refractivity contribution in [3.05, 3.63) is 0 Å². The summed E-state index contributed by atoms with van der Waals surface area (Å²) in [4.78, 5) is 2.65. The zero-order chi connectivity index (χ0) is 10.1. The summed E-state index contributed by atoms with van der Waals surface area (Å²) in [5, 5.41) is 0. The van der Waals surface area contributed by atoms with Crippen molar-refractivity contribution in [2.75, 3.05) is 19.6 Å². The molecule has 0 spiro atoms. The van der Waals surface area contributed by atoms with E-state index in [0.29, 0.717) is 12.0 Å². The Labute approximate surface area is 87.8 Å². The maximum atomic E-state index is 5.86. The minimum absolute atomic E-state index is 0.626. The molecule has 82 valence electrons. The molecule has 3 atom stereocenters. The number of nitrogens with two attached hydrogens (primary N) is 1. The van der Waals surface area contributed by atoms with E-state index in [9.17, 15) is 0 Å². The number of fused-ring (bicyclic) bond motifs is 1. The molecule has 1 aliphatic heterocycles. The number of hydrogen-bond acceptors (Lipinski definition) is 2. The first-order valence-electron chi connectivity index (χ1n) is 6.16. The van der Waals surface area contributed by atoms with E-state index in [1.807, 2.05) is 0 Å². The van der Waals surface area contributed by atoms with Gasteiger partial charge in [-0.2, -0.15) is 0 Å². The number of likely N-dealkylation sites (tertiary alicyclic amines) is 1. The van der Waals surface area contributed by atoms with E-state index in [2.05, 4.69) is 18.7 Å². The van der Waals surface area contributed by atoms with Crippen LogP contribution in [0.25, 0.3) is 0 Å². The third-order valence-corrected chi connectivity index (χ3v) is 4.23. The molecule has 2 N–H and O–H groups in total. The monoisotopic (exact) mass is 196 g/mol. The van der Waals surface area contributed by atoms with Gasteiger partial charge >= 0.3 is 0 Å². The lowest BCUT2D eigenvalue weighted by Crippen LogP contribution is -2.43. The average Bonchev–Trinajstić information content (AvgIpc) is 2.63. The largest absolute Gasteiger partial charge is 0.329 e. The molecule has 2 aliphatic rings. The summed E-state index contributed by atoms with van der Waals surface area (Å²) in [6.45, 7) is 8.07. The molecule has 0 amide bonds. The molecule has 0 aromatic rings. The normalized spacial score (nSPS) is 35.1. The molecule has 2 rings (SSSR count). The first-order valence-corrected chi connectivity index (χ1v) is 6.16. The number of nitrogens with zero attached hydrogens (tertiary/aromatic N) is 1. The average molecular weight is 196 g/mol. The summed E-state index contributed by atoms with van der Waals surface area (Å²) in [5.41, 5.74) is 5.86. The molecule has 1 aliphatic carbocycles. The molecule has 14 heavy (non-hydrogen) atoms. The summed E-state index contributed by atoms with van der Waals surface area (Å²) in [5.74, 6) is 2.71. The lowest BCUT2D eigenvalue weighted by Gasteiger charge is -2.30. The van der Waals surface area contributed by atoms with Gasteiger partial charge in [0.05, 0.1) is 0 Å². The topological polar surface area (TPSA) is 29.3 Å². The predicted octanol–water partition coefficient (Wildman–Crippen LogP) is 1.70. The Bertz CT molecular complexity index is 179. The quantitative estimate of drug-likeness (QED) is 0.744. The molecule has 2 fully saturated rings. The summed E-state index contributed by atoms with van der Waals surface area (Å²) in [6.07, 6.45) is 4.41. The van der Waals surface area contributed by atoms with Gasteiger partial charge in [0.2, 0.25) is 0 Å². The lowest BCUT2D eigenvalue weighted by atomic mass is 10.0. The van der Waals surface area contributed by atoms with Crippen molar-refractivity contribution in [2.24, 2.45) is 23.5 Å². The van der Waals surface area contributed by atoms with E-state index in [4.69, 9.17) is 5.73 Å². The van der Waals surface area contributed by atoms with Crippen LogP contribution in [0.15, 0.2) is 0 Å². The van der Waals surface area contributed by atoms with Crippen LogP contribution < -0.4 is 5.73 Å². The maximum absolute atomic E-state index is 5.86. The van der Waals surface area contributed by atoms with Crippen LogP contribution in [0.2, 0.25) is 0 Å². The highest BCUT2D eigenvalue weighted by Gasteiger charge is 2.38. The summed E-state index contributed by atoms with van der Waals surface area (Å²) < 4.78 is 0. The van der Waals surface area contributed by atoms with Gasteiger partial charge in [0.1, 0.15) is 0 Å². The van der Waals surface area contributed by atoms with Gasteiger partial charge in [0.25, 0.3) is 0 Å². The minimum Gasteiger partial charge on any atom is -0.329 e. The third kappa shape index (κ3) is 1.82. The van der Waals surface area contributed by atoms with Crippen molar-refractivity contribution in [3.8, 4) is 0 Å². The molecule has 0 aromatic carbocycles. The van der Waals surface area contributed by atoms with Gasteiger partial charge in [-0.15, -0.1) is 0 Å². The first kappa shape index (κ1) is 10.4. The Hall–Kier alpha value is -0.0800. The van der Waals surface area contributed by atoms with Gasteiger partial charge < -0.3 is 5.73 Å². The van der Waals surface area contributed by atoms with Gasteiger partial charge in [0, 0.05) is 25.7 Å². The molecule has 2 nitrogen and oxygen atoms in total. The Morgan fingerprint density at radius 2 is 1.79 bits per heavy atom. The zero-order valence-corrected chi connectivity index (χ0v) is 9.58. The van der Waals surface area contributed by atoms with Crippen molar-refractivity contribution in [3.63, 3.8) is 0 Å². The summed E-state index contributed by atoms with van der Waals surface area (Å²) in [7, 11) is 0. The Balaban J connectivity index is 1.93. The molecule has 1 saturated carbocycles. The third-order valence-electron chi connectivity index (χ3n) is 4.23. The fourth-order valence-electron chi connectivity index (χ4n) is 3.38. The molecule has 2 heteroatoms. The fourth-order valence-corrected chi connectivity index (χ4v) is 3.38. The smallest absolute Gasteiger partial charge is 0.0241 e. The van der Waals surface area contributed by atoms with Crippen LogP contribution in [0.5, 0.6) is 0 Å². The highest BCUT2D eigenvalue weighted by Crippen LogP contribution is 2.38. The Morgan fingerprint density at radius 1 is 1.21 bits per heavy atom. The van der Waals surface area contributed by atoms with Crippen LogP contribution in [-0.4, -0.2) is 30.6 Å². The Morgan fingerprint density at radius 3 is 2.21 bits per heavy atom. The standard InChI is InChI=1S/C12H24N2/c1-9(2)12(6-13)14-7-10-4-3-5-11(10)8-14/h9-12H,3-8,13H2,1-2H3. The molecule has 1 heterocycles. The van der Waals surface area contributed by atoms with E-state index < -0.39 is 0 Å². The molecular formula is C12H24N2. The summed E-state index contributed by atoms with van der Waals surface area (Å²) >= 11 is 0. The van der Waals surface area contributed by atoms with E-state index >= 15 is 0 Å². The van der Waals surface area contributed by atoms with Gasteiger partial charge in [-0.05, 0) is 30.6 Å². The maximum Gasteiger partial charge on any atom is 0.0241 e. The van der Waals surface area contributed by atoms with E-state index in [1.165, 1.54) is 32.4 Å². The fraction of sp³-hybridized carbons (Fsp3) is 1.00. The highest BCUT2D eigenvalue weighted by atomic mass is 15.2. The van der Waals surface area contributed by atoms with Crippen molar-refractivity contribution < 1.29 is 0 Å². The van der Waals surface area contributed by atoms with Crippen LogP contribution in [-0.2, 0) is 0 Å². The van der Waals surface area contributed by atoms with Crippen molar-refractivity contribution in [1.29, 1.82) is 0 Å². The second-order valence-electron chi connectivity index (χ2n) is 5.45. The molecule has 1 saturated heterocycles. The van der Waals surface area contributed by atoms with Gasteiger partial charge in [-0.1, -0.05) is 20.3 Å². The van der Waals surface area contributed by atoms with Crippen LogP contribution >= 0.6 is 0 Å². The van der Waals surface area contributed by atoms with Gasteiger partial charge in [0.15, 0.2) is 0 Å². The van der Waals surface area contributed by atoms with Crippen molar-refractivity contribution >= 4 is 0 Å². The molecule has 0 radical (unpaired) electrons. The van der Waals surface area contributed by atoms with Crippen molar-refractivity contribution in [1.82, 2.24) is 4.90 Å². The van der Waals surface area contributed by atoms with E-state index in [1.54, 1.807) is 0 Å². The second kappa shape index (κ2) is 4.19. The van der Waals surface area contributed by atoms with Crippen LogP contribution in [0.4, 0.5) is 0 Å².